The van der Waals surface area contributed by atoms with E-state index >= 15 is 0 Å². The van der Waals surface area contributed by atoms with E-state index in [0.29, 0.717) is 13.2 Å². The molecule has 0 spiro atoms. The summed E-state index contributed by atoms with van der Waals surface area (Å²) < 4.78 is 13.1. The summed E-state index contributed by atoms with van der Waals surface area (Å²) in [5, 5.41) is 10.8. The molecule has 0 radical (unpaired) electrons. The monoisotopic (exact) mass is 233 g/mol. The van der Waals surface area contributed by atoms with E-state index in [4.69, 9.17) is 9.47 Å². The minimum Gasteiger partial charge on any atom is -0.486 e. The zero-order valence-electron chi connectivity index (χ0n) is 9.93. The van der Waals surface area contributed by atoms with Crippen LogP contribution in [-0.4, -0.2) is 22.9 Å². The number of nitrogens with zero attached hydrogens (tertiary/aromatic N) is 1. The van der Waals surface area contributed by atoms with Gasteiger partial charge in [0, 0.05) is 30.3 Å². The van der Waals surface area contributed by atoms with Gasteiger partial charge >= 0.3 is 0 Å². The summed E-state index contributed by atoms with van der Waals surface area (Å²) >= 11 is 0. The number of benzene rings is 1. The molecule has 0 saturated heterocycles. The van der Waals surface area contributed by atoms with Crippen LogP contribution in [-0.2, 0) is 7.05 Å². The Kier molecular flexibility index (Phi) is 2.26. The highest BCUT2D eigenvalue weighted by Gasteiger charge is 2.17. The lowest BCUT2D eigenvalue weighted by atomic mass is 10.1. The number of aryl methyl sites for hydroxylation is 1. The Bertz CT molecular complexity index is 572. The molecule has 4 nitrogen and oxygen atoms in total. The number of aliphatic hydroxyl groups is 1. The molecule has 2 heterocycles. The van der Waals surface area contributed by atoms with Crippen molar-refractivity contribution in [2.75, 3.05) is 13.2 Å². The summed E-state index contributed by atoms with van der Waals surface area (Å²) in [6, 6.07) is 3.92. The SMILES string of the molecule is CC(O)c1cn(C)c2cc3c(cc12)OCCO3. The minimum absolute atomic E-state index is 0.485. The first kappa shape index (κ1) is 10.5. The maximum Gasteiger partial charge on any atom is 0.163 e. The average molecular weight is 233 g/mol. The van der Waals surface area contributed by atoms with Crippen LogP contribution in [0, 0.1) is 0 Å². The number of aromatic nitrogens is 1. The lowest BCUT2D eigenvalue weighted by Crippen LogP contribution is -2.15. The molecule has 1 N–H and O–H groups in total. The summed E-state index contributed by atoms with van der Waals surface area (Å²) in [5.41, 5.74) is 1.96. The first-order valence-corrected chi connectivity index (χ1v) is 5.73. The standard InChI is InChI=1S/C13H15NO3/c1-8(15)10-7-14(2)11-6-13-12(5-9(10)11)16-3-4-17-13/h5-8,15H,3-4H2,1-2H3. The van der Waals surface area contributed by atoms with Crippen LogP contribution in [0.4, 0.5) is 0 Å². The number of hydrogen-bond donors (Lipinski definition) is 1. The van der Waals surface area contributed by atoms with Crippen molar-refractivity contribution in [2.45, 2.75) is 13.0 Å². The average Bonchev–Trinajstić information content (AvgIpc) is 2.64. The molecule has 4 heteroatoms. The molecular formula is C13H15NO3. The van der Waals surface area contributed by atoms with Gasteiger partial charge in [0.25, 0.3) is 0 Å². The Hall–Kier alpha value is -1.68. The number of ether oxygens (including phenoxy) is 2. The lowest BCUT2D eigenvalue weighted by molar-refractivity contribution is 0.172. The maximum absolute atomic E-state index is 9.75. The number of rotatable bonds is 1. The van der Waals surface area contributed by atoms with Gasteiger partial charge in [-0.3, -0.25) is 0 Å². The van der Waals surface area contributed by atoms with Gasteiger partial charge in [-0.2, -0.15) is 0 Å². The van der Waals surface area contributed by atoms with Crippen molar-refractivity contribution in [1.82, 2.24) is 4.57 Å². The Labute approximate surface area is 99.4 Å². The third kappa shape index (κ3) is 1.56. The van der Waals surface area contributed by atoms with Crippen molar-refractivity contribution in [1.29, 1.82) is 0 Å². The van der Waals surface area contributed by atoms with Crippen LogP contribution in [0.25, 0.3) is 10.9 Å². The normalized spacial score (nSPS) is 16.2. The fraction of sp³-hybridized carbons (Fsp3) is 0.385. The molecule has 0 aliphatic carbocycles. The highest BCUT2D eigenvalue weighted by atomic mass is 16.6. The second-order valence-electron chi connectivity index (χ2n) is 4.38. The van der Waals surface area contributed by atoms with E-state index in [0.717, 1.165) is 28.0 Å². The van der Waals surface area contributed by atoms with Crippen LogP contribution in [0.15, 0.2) is 18.3 Å². The van der Waals surface area contributed by atoms with Gasteiger partial charge in [-0.1, -0.05) is 0 Å². The van der Waals surface area contributed by atoms with Gasteiger partial charge < -0.3 is 19.1 Å². The van der Waals surface area contributed by atoms with Crippen molar-refractivity contribution < 1.29 is 14.6 Å². The molecule has 0 fully saturated rings. The fourth-order valence-electron chi connectivity index (χ4n) is 2.28. The van der Waals surface area contributed by atoms with E-state index in [1.165, 1.54) is 0 Å². The number of aliphatic hydroxyl groups excluding tert-OH is 1. The Morgan fingerprint density at radius 2 is 1.88 bits per heavy atom. The van der Waals surface area contributed by atoms with E-state index in [1.807, 2.05) is 29.9 Å². The van der Waals surface area contributed by atoms with E-state index in [-0.39, 0.29) is 0 Å². The van der Waals surface area contributed by atoms with Gasteiger partial charge in [-0.05, 0) is 13.0 Å². The van der Waals surface area contributed by atoms with E-state index in [1.54, 1.807) is 6.92 Å². The second-order valence-corrected chi connectivity index (χ2v) is 4.38. The molecule has 2 aromatic rings. The molecule has 90 valence electrons. The third-order valence-electron chi connectivity index (χ3n) is 3.13. The van der Waals surface area contributed by atoms with E-state index in [9.17, 15) is 5.11 Å². The van der Waals surface area contributed by atoms with Gasteiger partial charge in [0.2, 0.25) is 0 Å². The van der Waals surface area contributed by atoms with Crippen LogP contribution in [0.5, 0.6) is 11.5 Å². The largest absolute Gasteiger partial charge is 0.486 e. The van der Waals surface area contributed by atoms with E-state index < -0.39 is 6.10 Å². The number of hydrogen-bond acceptors (Lipinski definition) is 3. The predicted octanol–water partition coefficient (Wildman–Crippen LogP) is 2.00. The topological polar surface area (TPSA) is 43.6 Å². The van der Waals surface area contributed by atoms with Gasteiger partial charge in [-0.15, -0.1) is 0 Å². The molecule has 1 aromatic heterocycles. The van der Waals surface area contributed by atoms with Crippen LogP contribution in [0.2, 0.25) is 0 Å². The van der Waals surface area contributed by atoms with Gasteiger partial charge in [0.15, 0.2) is 11.5 Å². The highest BCUT2D eigenvalue weighted by molar-refractivity contribution is 5.87. The fourth-order valence-corrected chi connectivity index (χ4v) is 2.28. The third-order valence-corrected chi connectivity index (χ3v) is 3.13. The Morgan fingerprint density at radius 3 is 2.53 bits per heavy atom. The van der Waals surface area contributed by atoms with Crippen molar-refractivity contribution in [3.05, 3.63) is 23.9 Å². The molecule has 0 bridgehead atoms. The molecule has 0 saturated carbocycles. The molecule has 1 unspecified atom stereocenters. The van der Waals surface area contributed by atoms with Crippen LogP contribution >= 0.6 is 0 Å². The maximum atomic E-state index is 9.75. The zero-order valence-corrected chi connectivity index (χ0v) is 9.93. The molecule has 1 aromatic carbocycles. The lowest BCUT2D eigenvalue weighted by Gasteiger charge is -2.18. The Balaban J connectivity index is 2.27. The summed E-state index contributed by atoms with van der Waals surface area (Å²) in [6.07, 6.45) is 1.46. The van der Waals surface area contributed by atoms with Crippen molar-refractivity contribution in [3.8, 4) is 11.5 Å². The van der Waals surface area contributed by atoms with Crippen LogP contribution in [0.1, 0.15) is 18.6 Å². The molecule has 17 heavy (non-hydrogen) atoms. The molecule has 1 atom stereocenters. The van der Waals surface area contributed by atoms with E-state index in [2.05, 4.69) is 0 Å². The second kappa shape index (κ2) is 3.67. The smallest absolute Gasteiger partial charge is 0.163 e. The zero-order chi connectivity index (χ0) is 12.0. The first-order valence-electron chi connectivity index (χ1n) is 5.73. The summed E-state index contributed by atoms with van der Waals surface area (Å²) in [6.45, 7) is 2.94. The van der Waals surface area contributed by atoms with Crippen molar-refractivity contribution in [3.63, 3.8) is 0 Å². The van der Waals surface area contributed by atoms with Crippen molar-refractivity contribution in [2.24, 2.45) is 7.05 Å². The van der Waals surface area contributed by atoms with Crippen LogP contribution in [0.3, 0.4) is 0 Å². The van der Waals surface area contributed by atoms with Gasteiger partial charge in [0.1, 0.15) is 13.2 Å². The quantitative estimate of drug-likeness (QED) is 0.819. The Morgan fingerprint density at radius 1 is 1.24 bits per heavy atom. The molecule has 0 amide bonds. The summed E-state index contributed by atoms with van der Waals surface area (Å²) in [5.74, 6) is 1.54. The molecular weight excluding hydrogens is 218 g/mol. The highest BCUT2D eigenvalue weighted by Crippen LogP contribution is 2.37. The number of fused-ring (bicyclic) bond motifs is 2. The molecule has 3 rings (SSSR count). The predicted molar refractivity (Wildman–Crippen MR) is 64.5 cm³/mol. The molecule has 1 aliphatic heterocycles. The van der Waals surface area contributed by atoms with Gasteiger partial charge in [0.05, 0.1) is 11.6 Å². The summed E-state index contributed by atoms with van der Waals surface area (Å²) in [7, 11) is 1.96. The minimum atomic E-state index is -0.485. The summed E-state index contributed by atoms with van der Waals surface area (Å²) in [4.78, 5) is 0. The first-order chi connectivity index (χ1) is 8.16. The van der Waals surface area contributed by atoms with Crippen molar-refractivity contribution >= 4 is 10.9 Å². The van der Waals surface area contributed by atoms with Crippen LogP contribution < -0.4 is 9.47 Å². The van der Waals surface area contributed by atoms with Gasteiger partial charge in [-0.25, -0.2) is 0 Å². The molecule has 1 aliphatic rings.